The quantitative estimate of drug-likeness (QED) is 0.670. The van der Waals surface area contributed by atoms with Gasteiger partial charge in [0.1, 0.15) is 0 Å². The molecule has 1 aromatic carbocycles. The molecule has 2 rings (SSSR count). The highest BCUT2D eigenvalue weighted by atomic mass is 79.9. The van der Waals surface area contributed by atoms with Crippen LogP contribution in [0.2, 0.25) is 0 Å². The largest absolute Gasteiger partial charge is 0.351 e. The van der Waals surface area contributed by atoms with Gasteiger partial charge in [0.05, 0.1) is 5.56 Å². The number of amides is 1. The van der Waals surface area contributed by atoms with Crippen molar-refractivity contribution in [1.82, 2.24) is 5.32 Å². The van der Waals surface area contributed by atoms with Crippen LogP contribution in [-0.2, 0) is 0 Å². The van der Waals surface area contributed by atoms with Gasteiger partial charge in [0.15, 0.2) is 17.5 Å². The van der Waals surface area contributed by atoms with Gasteiger partial charge in [-0.1, -0.05) is 15.9 Å². The van der Waals surface area contributed by atoms with E-state index >= 15 is 0 Å². The Bertz CT molecular complexity index is 488. The van der Waals surface area contributed by atoms with Crippen molar-refractivity contribution >= 4 is 21.8 Å². The van der Waals surface area contributed by atoms with Crippen LogP contribution >= 0.6 is 15.9 Å². The smallest absolute Gasteiger partial charge is 0.254 e. The number of hydrogen-bond acceptors (Lipinski definition) is 1. The molecule has 98 valence electrons. The van der Waals surface area contributed by atoms with E-state index in [1.54, 1.807) is 0 Å². The molecule has 0 radical (unpaired) electrons. The van der Waals surface area contributed by atoms with E-state index in [0.717, 1.165) is 30.3 Å². The first kappa shape index (κ1) is 13.4. The molecule has 0 saturated heterocycles. The van der Waals surface area contributed by atoms with E-state index in [2.05, 4.69) is 21.2 Å². The van der Waals surface area contributed by atoms with Gasteiger partial charge in [-0.05, 0) is 30.4 Å². The van der Waals surface area contributed by atoms with Crippen LogP contribution in [0, 0.1) is 22.9 Å². The summed E-state index contributed by atoms with van der Waals surface area (Å²) in [5, 5.41) is 3.29. The first-order chi connectivity index (χ1) is 8.49. The van der Waals surface area contributed by atoms with E-state index in [1.165, 1.54) is 0 Å². The number of alkyl halides is 1. The minimum atomic E-state index is -1.62. The second kappa shape index (κ2) is 4.91. The second-order valence-corrected chi connectivity index (χ2v) is 5.10. The summed E-state index contributed by atoms with van der Waals surface area (Å²) < 4.78 is 39.0. The van der Waals surface area contributed by atoms with E-state index in [4.69, 9.17) is 0 Å². The average Bonchev–Trinajstić information content (AvgIpc) is 3.14. The van der Waals surface area contributed by atoms with E-state index in [0.29, 0.717) is 6.54 Å². The molecule has 1 aliphatic carbocycles. The van der Waals surface area contributed by atoms with Crippen LogP contribution in [0.1, 0.15) is 23.2 Å². The molecule has 1 aromatic rings. The lowest BCUT2D eigenvalue weighted by molar-refractivity contribution is 0.0941. The molecule has 0 unspecified atom stereocenters. The summed E-state index contributed by atoms with van der Waals surface area (Å²) in [7, 11) is 0. The monoisotopic (exact) mass is 321 g/mol. The maximum atomic E-state index is 13.3. The Labute approximate surface area is 111 Å². The molecule has 1 saturated carbocycles. The predicted octanol–water partition coefficient (Wildman–Crippen LogP) is 3.01. The molecule has 0 aliphatic heterocycles. The van der Waals surface area contributed by atoms with E-state index in [-0.39, 0.29) is 5.41 Å². The van der Waals surface area contributed by atoms with Gasteiger partial charge < -0.3 is 5.32 Å². The SMILES string of the molecule is O=C(NCC1(CBr)CC1)c1ccc(F)c(F)c1F. The Morgan fingerprint density at radius 2 is 1.94 bits per heavy atom. The number of carbonyl (C=O) groups excluding carboxylic acids is 1. The minimum absolute atomic E-state index is 0.0325. The summed E-state index contributed by atoms with van der Waals surface area (Å²) in [5.41, 5.74) is -0.440. The fourth-order valence-corrected chi connectivity index (χ4v) is 2.36. The Hall–Kier alpha value is -1.04. The highest BCUT2D eigenvalue weighted by molar-refractivity contribution is 9.09. The summed E-state index contributed by atoms with van der Waals surface area (Å²) in [4.78, 5) is 11.7. The van der Waals surface area contributed by atoms with Gasteiger partial charge in [0.2, 0.25) is 0 Å². The third-order valence-corrected chi connectivity index (χ3v) is 4.33. The fraction of sp³-hybridized carbons (Fsp3) is 0.417. The van der Waals surface area contributed by atoms with Gasteiger partial charge in [-0.25, -0.2) is 13.2 Å². The Kier molecular flexibility index (Phi) is 3.66. The number of nitrogens with one attached hydrogen (secondary N) is 1. The summed E-state index contributed by atoms with van der Waals surface area (Å²) >= 11 is 3.34. The molecule has 18 heavy (non-hydrogen) atoms. The molecule has 0 atom stereocenters. The number of carbonyl (C=O) groups is 1. The normalized spacial score (nSPS) is 16.4. The number of halogens is 4. The van der Waals surface area contributed by atoms with Crippen molar-refractivity contribution in [2.75, 3.05) is 11.9 Å². The van der Waals surface area contributed by atoms with E-state index in [1.807, 2.05) is 0 Å². The van der Waals surface area contributed by atoms with Gasteiger partial charge in [-0.15, -0.1) is 0 Å². The molecule has 1 amide bonds. The van der Waals surface area contributed by atoms with Crippen LogP contribution in [-0.4, -0.2) is 17.8 Å². The summed E-state index contributed by atoms with van der Waals surface area (Å²) in [6.45, 7) is 0.398. The van der Waals surface area contributed by atoms with Crippen molar-refractivity contribution in [3.05, 3.63) is 35.1 Å². The molecule has 0 spiro atoms. The van der Waals surface area contributed by atoms with Crippen LogP contribution in [0.25, 0.3) is 0 Å². The molecule has 1 fully saturated rings. The van der Waals surface area contributed by atoms with Crippen molar-refractivity contribution < 1.29 is 18.0 Å². The third-order valence-electron chi connectivity index (χ3n) is 3.14. The fourth-order valence-electron chi connectivity index (χ4n) is 1.60. The topological polar surface area (TPSA) is 29.1 Å². The van der Waals surface area contributed by atoms with Crippen LogP contribution < -0.4 is 5.32 Å². The molecule has 0 aromatic heterocycles. The Balaban J connectivity index is 2.07. The molecular formula is C12H11BrF3NO. The zero-order valence-electron chi connectivity index (χ0n) is 9.40. The standard InChI is InChI=1S/C12H11BrF3NO/c13-5-12(3-4-12)6-17-11(18)7-1-2-8(14)10(16)9(7)15/h1-2H,3-6H2,(H,17,18). The summed E-state index contributed by atoms with van der Waals surface area (Å²) in [5.74, 6) is -5.10. The van der Waals surface area contributed by atoms with Crippen molar-refractivity contribution in [3.8, 4) is 0 Å². The molecule has 6 heteroatoms. The van der Waals surface area contributed by atoms with Crippen LogP contribution in [0.3, 0.4) is 0 Å². The lowest BCUT2D eigenvalue weighted by atomic mass is 10.1. The van der Waals surface area contributed by atoms with E-state index in [9.17, 15) is 18.0 Å². The van der Waals surface area contributed by atoms with Crippen molar-refractivity contribution in [3.63, 3.8) is 0 Å². The molecular weight excluding hydrogens is 311 g/mol. The highest BCUT2D eigenvalue weighted by Crippen LogP contribution is 2.46. The first-order valence-corrected chi connectivity index (χ1v) is 6.59. The first-order valence-electron chi connectivity index (χ1n) is 5.47. The number of benzene rings is 1. The number of hydrogen-bond donors (Lipinski definition) is 1. The summed E-state index contributed by atoms with van der Waals surface area (Å²) in [6.07, 6.45) is 1.97. The van der Waals surface area contributed by atoms with Gasteiger partial charge >= 0.3 is 0 Å². The van der Waals surface area contributed by atoms with E-state index < -0.39 is 28.9 Å². The van der Waals surface area contributed by atoms with Gasteiger partial charge in [-0.2, -0.15) is 0 Å². The van der Waals surface area contributed by atoms with Gasteiger partial charge in [0, 0.05) is 11.9 Å². The average molecular weight is 322 g/mol. The molecule has 1 N–H and O–H groups in total. The third kappa shape index (κ3) is 2.53. The van der Waals surface area contributed by atoms with Crippen LogP contribution in [0.4, 0.5) is 13.2 Å². The summed E-state index contributed by atoms with van der Waals surface area (Å²) in [6, 6.07) is 1.68. The second-order valence-electron chi connectivity index (χ2n) is 4.54. The lowest BCUT2D eigenvalue weighted by Gasteiger charge is -2.13. The van der Waals surface area contributed by atoms with Gasteiger partial charge in [-0.3, -0.25) is 4.79 Å². The van der Waals surface area contributed by atoms with Crippen molar-refractivity contribution in [2.24, 2.45) is 5.41 Å². The Morgan fingerprint density at radius 1 is 1.28 bits per heavy atom. The number of rotatable bonds is 4. The van der Waals surface area contributed by atoms with Crippen molar-refractivity contribution in [1.29, 1.82) is 0 Å². The minimum Gasteiger partial charge on any atom is -0.351 e. The zero-order chi connectivity index (χ0) is 13.3. The van der Waals surface area contributed by atoms with Gasteiger partial charge in [0.25, 0.3) is 5.91 Å². The lowest BCUT2D eigenvalue weighted by Crippen LogP contribution is -2.31. The molecule has 1 aliphatic rings. The van der Waals surface area contributed by atoms with Crippen LogP contribution in [0.15, 0.2) is 12.1 Å². The maximum absolute atomic E-state index is 13.3. The highest BCUT2D eigenvalue weighted by Gasteiger charge is 2.41. The molecule has 2 nitrogen and oxygen atoms in total. The Morgan fingerprint density at radius 3 is 2.50 bits per heavy atom. The predicted molar refractivity (Wildman–Crippen MR) is 64.1 cm³/mol. The van der Waals surface area contributed by atoms with Crippen molar-refractivity contribution in [2.45, 2.75) is 12.8 Å². The maximum Gasteiger partial charge on any atom is 0.254 e. The zero-order valence-corrected chi connectivity index (χ0v) is 11.0. The van der Waals surface area contributed by atoms with Crippen LogP contribution in [0.5, 0.6) is 0 Å². The molecule has 0 heterocycles. The molecule has 0 bridgehead atoms.